The zero-order chi connectivity index (χ0) is 21.5. The molecular formula is C27H27ClN2O. The number of amides is 1. The van der Waals surface area contributed by atoms with Gasteiger partial charge in [-0.3, -0.25) is 4.79 Å². The van der Waals surface area contributed by atoms with E-state index in [0.717, 1.165) is 29.8 Å². The molecule has 3 nitrogen and oxygen atoms in total. The minimum absolute atomic E-state index is 0.107. The predicted octanol–water partition coefficient (Wildman–Crippen LogP) is 6.02. The summed E-state index contributed by atoms with van der Waals surface area (Å²) in [4.78, 5) is 12.4. The lowest BCUT2D eigenvalue weighted by Crippen LogP contribution is -2.24. The predicted molar refractivity (Wildman–Crippen MR) is 129 cm³/mol. The summed E-state index contributed by atoms with van der Waals surface area (Å²) in [6.07, 6.45) is 5.31. The van der Waals surface area contributed by atoms with Crippen molar-refractivity contribution < 1.29 is 4.79 Å². The third-order valence-corrected chi connectivity index (χ3v) is 5.97. The molecule has 0 bridgehead atoms. The summed E-state index contributed by atoms with van der Waals surface area (Å²) >= 11 is 6.37. The Morgan fingerprint density at radius 3 is 2.42 bits per heavy atom. The SMILES string of the molecule is O=C(CCc1cn(Cc2ccccc2Cl)c2ccccc12)NCCCc1ccccc1. The van der Waals surface area contributed by atoms with E-state index in [1.54, 1.807) is 0 Å². The molecule has 0 saturated heterocycles. The third-order valence-electron chi connectivity index (χ3n) is 5.60. The van der Waals surface area contributed by atoms with Gasteiger partial charge in [-0.1, -0.05) is 78.3 Å². The number of para-hydroxylation sites is 1. The van der Waals surface area contributed by atoms with Gasteiger partial charge in [0.1, 0.15) is 0 Å². The fourth-order valence-electron chi connectivity index (χ4n) is 3.96. The average Bonchev–Trinajstić information content (AvgIpc) is 3.15. The van der Waals surface area contributed by atoms with Gasteiger partial charge in [0.05, 0.1) is 0 Å². The van der Waals surface area contributed by atoms with Crippen LogP contribution in [0.2, 0.25) is 5.02 Å². The first-order valence-corrected chi connectivity index (χ1v) is 11.2. The van der Waals surface area contributed by atoms with Crippen molar-refractivity contribution >= 4 is 28.4 Å². The van der Waals surface area contributed by atoms with Gasteiger partial charge >= 0.3 is 0 Å². The Morgan fingerprint density at radius 1 is 0.839 bits per heavy atom. The zero-order valence-electron chi connectivity index (χ0n) is 17.6. The zero-order valence-corrected chi connectivity index (χ0v) is 18.3. The number of aromatic nitrogens is 1. The molecule has 4 heteroatoms. The Labute approximate surface area is 188 Å². The average molecular weight is 431 g/mol. The van der Waals surface area contributed by atoms with Crippen molar-refractivity contribution in [1.82, 2.24) is 9.88 Å². The maximum atomic E-state index is 12.4. The number of hydrogen-bond acceptors (Lipinski definition) is 1. The Bertz CT molecular complexity index is 1150. The van der Waals surface area contributed by atoms with Gasteiger partial charge < -0.3 is 9.88 Å². The molecule has 158 valence electrons. The number of carbonyl (C=O) groups excluding carboxylic acids is 1. The first kappa shape index (κ1) is 21.2. The smallest absolute Gasteiger partial charge is 0.220 e. The summed E-state index contributed by atoms with van der Waals surface area (Å²) in [7, 11) is 0. The molecule has 1 amide bonds. The van der Waals surface area contributed by atoms with Crippen LogP contribution in [0.4, 0.5) is 0 Å². The minimum atomic E-state index is 0.107. The lowest BCUT2D eigenvalue weighted by molar-refractivity contribution is -0.121. The Morgan fingerprint density at radius 2 is 1.58 bits per heavy atom. The van der Waals surface area contributed by atoms with Crippen molar-refractivity contribution in [3.63, 3.8) is 0 Å². The number of rotatable bonds is 9. The van der Waals surface area contributed by atoms with E-state index in [1.807, 2.05) is 24.3 Å². The number of nitrogens with zero attached hydrogens (tertiary/aromatic N) is 1. The van der Waals surface area contributed by atoms with E-state index < -0.39 is 0 Å². The first-order valence-electron chi connectivity index (χ1n) is 10.8. The van der Waals surface area contributed by atoms with Crippen LogP contribution in [0.15, 0.2) is 85.1 Å². The molecule has 0 unspecified atom stereocenters. The second kappa shape index (κ2) is 10.3. The van der Waals surface area contributed by atoms with Gasteiger partial charge in [0.2, 0.25) is 5.91 Å². The van der Waals surface area contributed by atoms with Gasteiger partial charge in [0.25, 0.3) is 0 Å². The van der Waals surface area contributed by atoms with Gasteiger partial charge in [0.15, 0.2) is 0 Å². The molecule has 0 aliphatic carbocycles. The second-order valence-electron chi connectivity index (χ2n) is 7.83. The minimum Gasteiger partial charge on any atom is -0.356 e. The van der Waals surface area contributed by atoms with Crippen molar-refractivity contribution in [3.05, 3.63) is 107 Å². The quantitative estimate of drug-likeness (QED) is 0.323. The third kappa shape index (κ3) is 5.56. The molecule has 0 spiro atoms. The molecule has 0 saturated carbocycles. The van der Waals surface area contributed by atoms with E-state index in [2.05, 4.69) is 70.7 Å². The summed E-state index contributed by atoms with van der Waals surface area (Å²) in [5, 5.41) is 5.04. The molecule has 0 radical (unpaired) electrons. The van der Waals surface area contributed by atoms with Crippen molar-refractivity contribution in [3.8, 4) is 0 Å². The summed E-state index contributed by atoms with van der Waals surface area (Å²) < 4.78 is 2.23. The molecule has 0 fully saturated rings. The summed E-state index contributed by atoms with van der Waals surface area (Å²) in [5.41, 5.74) is 4.76. The van der Waals surface area contributed by atoms with Crippen molar-refractivity contribution in [2.45, 2.75) is 32.2 Å². The van der Waals surface area contributed by atoms with Crippen molar-refractivity contribution in [2.75, 3.05) is 6.54 Å². The van der Waals surface area contributed by atoms with Crippen LogP contribution >= 0.6 is 11.6 Å². The number of hydrogen-bond donors (Lipinski definition) is 1. The number of halogens is 1. The number of nitrogens with one attached hydrogen (secondary N) is 1. The van der Waals surface area contributed by atoms with Crippen LogP contribution in [-0.2, 0) is 24.2 Å². The molecule has 1 aromatic heterocycles. The molecular weight excluding hydrogens is 404 g/mol. The number of benzene rings is 3. The van der Waals surface area contributed by atoms with Gasteiger partial charge in [-0.15, -0.1) is 0 Å². The Hall–Kier alpha value is -3.04. The molecule has 4 rings (SSSR count). The van der Waals surface area contributed by atoms with Crippen LogP contribution in [0, 0.1) is 0 Å². The lowest BCUT2D eigenvalue weighted by Gasteiger charge is -2.07. The van der Waals surface area contributed by atoms with Crippen LogP contribution in [0.25, 0.3) is 10.9 Å². The fourth-order valence-corrected chi connectivity index (χ4v) is 4.16. The van der Waals surface area contributed by atoms with Crippen LogP contribution in [-0.4, -0.2) is 17.0 Å². The topological polar surface area (TPSA) is 34.0 Å². The monoisotopic (exact) mass is 430 g/mol. The Kier molecular flexibility index (Phi) is 7.06. The standard InChI is InChI=1S/C27H27ClN2O/c28-25-14-6-4-12-23(25)20-30-19-22(24-13-5-7-15-26(24)30)16-17-27(31)29-18-8-11-21-9-2-1-3-10-21/h1-7,9-10,12-15,19H,8,11,16-18,20H2,(H,29,31). The van der Waals surface area contributed by atoms with Gasteiger partial charge in [-0.25, -0.2) is 0 Å². The fraction of sp³-hybridized carbons (Fsp3) is 0.222. The highest BCUT2D eigenvalue weighted by Crippen LogP contribution is 2.25. The normalized spacial score (nSPS) is 11.0. The Balaban J connectivity index is 1.35. The van der Waals surface area contributed by atoms with E-state index in [0.29, 0.717) is 19.5 Å². The molecule has 1 heterocycles. The maximum Gasteiger partial charge on any atom is 0.220 e. The van der Waals surface area contributed by atoms with E-state index in [1.165, 1.54) is 22.0 Å². The largest absolute Gasteiger partial charge is 0.356 e. The molecule has 1 N–H and O–H groups in total. The van der Waals surface area contributed by atoms with E-state index >= 15 is 0 Å². The van der Waals surface area contributed by atoms with Crippen LogP contribution < -0.4 is 5.32 Å². The molecule has 0 atom stereocenters. The summed E-state index contributed by atoms with van der Waals surface area (Å²) in [6, 6.07) is 26.7. The molecule has 0 aliphatic rings. The molecule has 0 aliphatic heterocycles. The molecule has 31 heavy (non-hydrogen) atoms. The summed E-state index contributed by atoms with van der Waals surface area (Å²) in [5.74, 6) is 0.107. The van der Waals surface area contributed by atoms with E-state index in [-0.39, 0.29) is 5.91 Å². The van der Waals surface area contributed by atoms with Gasteiger partial charge in [-0.2, -0.15) is 0 Å². The summed E-state index contributed by atoms with van der Waals surface area (Å²) in [6.45, 7) is 1.42. The number of aryl methyl sites for hydroxylation is 2. The second-order valence-corrected chi connectivity index (χ2v) is 8.24. The van der Waals surface area contributed by atoms with Gasteiger partial charge in [-0.05, 0) is 48.1 Å². The lowest BCUT2D eigenvalue weighted by atomic mass is 10.1. The maximum absolute atomic E-state index is 12.4. The molecule has 3 aromatic carbocycles. The highest BCUT2D eigenvalue weighted by molar-refractivity contribution is 6.31. The van der Waals surface area contributed by atoms with E-state index in [9.17, 15) is 4.79 Å². The van der Waals surface area contributed by atoms with Crippen LogP contribution in [0.1, 0.15) is 29.5 Å². The highest BCUT2D eigenvalue weighted by atomic mass is 35.5. The highest BCUT2D eigenvalue weighted by Gasteiger charge is 2.11. The van der Waals surface area contributed by atoms with Crippen LogP contribution in [0.5, 0.6) is 0 Å². The number of carbonyl (C=O) groups is 1. The first-order chi connectivity index (χ1) is 15.2. The van der Waals surface area contributed by atoms with E-state index in [4.69, 9.17) is 11.6 Å². The van der Waals surface area contributed by atoms with Crippen LogP contribution in [0.3, 0.4) is 0 Å². The number of fused-ring (bicyclic) bond motifs is 1. The molecule has 4 aromatic rings. The van der Waals surface area contributed by atoms with Crippen molar-refractivity contribution in [2.24, 2.45) is 0 Å². The van der Waals surface area contributed by atoms with Gasteiger partial charge in [0, 0.05) is 41.6 Å². The van der Waals surface area contributed by atoms with Crippen molar-refractivity contribution in [1.29, 1.82) is 0 Å².